The molecule has 0 saturated carbocycles. The quantitative estimate of drug-likeness (QED) is 0.745. The average molecular weight is 450 g/mol. The highest BCUT2D eigenvalue weighted by molar-refractivity contribution is 7.90. The predicted molar refractivity (Wildman–Crippen MR) is 113 cm³/mol. The number of nitrogens with zero attached hydrogens (tertiary/aromatic N) is 1. The zero-order valence-electron chi connectivity index (χ0n) is 16.0. The molecule has 0 aliphatic carbocycles. The van der Waals surface area contributed by atoms with Gasteiger partial charge in [-0.15, -0.1) is 0 Å². The van der Waals surface area contributed by atoms with Crippen molar-refractivity contribution in [1.29, 1.82) is 0 Å². The number of ether oxygens (including phenoxy) is 2. The molecule has 8 nitrogen and oxygen atoms in total. The molecule has 30 heavy (non-hydrogen) atoms. The number of hydrogen-bond donors (Lipinski definition) is 2. The molecule has 2 N–H and O–H groups in total. The van der Waals surface area contributed by atoms with Crippen LogP contribution in [0.5, 0.6) is 11.5 Å². The number of carbonyl (C=O) groups excluding carboxylic acids is 1. The van der Waals surface area contributed by atoms with Crippen LogP contribution >= 0.6 is 11.6 Å². The molecule has 0 saturated heterocycles. The van der Waals surface area contributed by atoms with Gasteiger partial charge in [0, 0.05) is 30.6 Å². The lowest BCUT2D eigenvalue weighted by molar-refractivity contribution is 0.102. The van der Waals surface area contributed by atoms with Crippen molar-refractivity contribution in [3.05, 3.63) is 47.0 Å². The van der Waals surface area contributed by atoms with Gasteiger partial charge in [-0.25, -0.2) is 8.42 Å². The monoisotopic (exact) mass is 449 g/mol. The molecular weight excluding hydrogens is 430 g/mol. The minimum atomic E-state index is -3.78. The Kier molecular flexibility index (Phi) is 5.83. The standard InChI is InChI=1S/C20H20ClN3O5S/c21-16-10-13(11-17-19(16)29-9-3-8-28-17)20(25)23-14-4-1-5-15(12-14)30(26,27)24-18-6-2-7-22-18/h1,4-5,10-12H,2-3,6-9H2,(H,22,24)(H,23,25). The van der Waals surface area contributed by atoms with E-state index < -0.39 is 15.9 Å². The number of fused-ring (bicyclic) bond motifs is 1. The van der Waals surface area contributed by atoms with Gasteiger partial charge in [0.25, 0.3) is 15.9 Å². The van der Waals surface area contributed by atoms with Gasteiger partial charge in [-0.05, 0) is 36.8 Å². The fourth-order valence-electron chi connectivity index (χ4n) is 3.14. The molecule has 0 atom stereocenters. The third kappa shape index (κ3) is 4.52. The van der Waals surface area contributed by atoms with Gasteiger partial charge in [-0.1, -0.05) is 17.7 Å². The summed E-state index contributed by atoms with van der Waals surface area (Å²) in [6.45, 7) is 1.57. The summed E-state index contributed by atoms with van der Waals surface area (Å²) in [7, 11) is -3.78. The van der Waals surface area contributed by atoms with Crippen molar-refractivity contribution >= 4 is 39.1 Å². The van der Waals surface area contributed by atoms with Crippen LogP contribution in [0.3, 0.4) is 0 Å². The first kappa shape index (κ1) is 20.5. The number of amidine groups is 1. The molecule has 10 heteroatoms. The van der Waals surface area contributed by atoms with Gasteiger partial charge < -0.3 is 14.8 Å². The van der Waals surface area contributed by atoms with Crippen LogP contribution in [0, 0.1) is 0 Å². The Labute approximate surface area is 179 Å². The number of amides is 1. The van der Waals surface area contributed by atoms with Gasteiger partial charge in [-0.3, -0.25) is 14.5 Å². The molecule has 0 fully saturated rings. The maximum atomic E-state index is 12.7. The van der Waals surface area contributed by atoms with Crippen LogP contribution in [-0.2, 0) is 10.0 Å². The second-order valence-corrected chi connectivity index (χ2v) is 8.94. The van der Waals surface area contributed by atoms with Crippen LogP contribution in [0.2, 0.25) is 5.02 Å². The minimum Gasteiger partial charge on any atom is -0.489 e. The summed E-state index contributed by atoms with van der Waals surface area (Å²) in [6, 6.07) is 9.06. The topological polar surface area (TPSA) is 106 Å². The predicted octanol–water partition coefficient (Wildman–Crippen LogP) is 3.22. The maximum absolute atomic E-state index is 12.7. The number of sulfonamides is 1. The van der Waals surface area contributed by atoms with Gasteiger partial charge in [-0.2, -0.15) is 0 Å². The number of carbonyl (C=O) groups is 1. The molecule has 2 aliphatic rings. The second-order valence-electron chi connectivity index (χ2n) is 6.86. The van der Waals surface area contributed by atoms with E-state index in [4.69, 9.17) is 21.1 Å². The fraction of sp³-hybridized carbons (Fsp3) is 0.300. The maximum Gasteiger partial charge on any atom is 0.262 e. The first-order valence-electron chi connectivity index (χ1n) is 9.49. The SMILES string of the molecule is O=C(Nc1cccc(S(=O)(=O)NC2=NCCC2)c1)c1cc(Cl)c2c(c1)OCCCO2. The van der Waals surface area contributed by atoms with E-state index in [2.05, 4.69) is 15.0 Å². The van der Waals surface area contributed by atoms with E-state index in [1.165, 1.54) is 18.2 Å². The van der Waals surface area contributed by atoms with Crippen LogP contribution in [0.25, 0.3) is 0 Å². The summed E-state index contributed by atoms with van der Waals surface area (Å²) in [4.78, 5) is 16.9. The highest BCUT2D eigenvalue weighted by Crippen LogP contribution is 2.38. The number of halogens is 1. The van der Waals surface area contributed by atoms with Crippen molar-refractivity contribution in [2.75, 3.05) is 25.1 Å². The molecule has 2 aromatic rings. The zero-order valence-corrected chi connectivity index (χ0v) is 17.6. The van der Waals surface area contributed by atoms with Gasteiger partial charge in [0.15, 0.2) is 11.5 Å². The molecule has 2 aromatic carbocycles. The van der Waals surface area contributed by atoms with Crippen molar-refractivity contribution in [1.82, 2.24) is 4.72 Å². The van der Waals surface area contributed by atoms with E-state index in [9.17, 15) is 13.2 Å². The molecule has 0 spiro atoms. The zero-order chi connectivity index (χ0) is 21.1. The largest absolute Gasteiger partial charge is 0.489 e. The lowest BCUT2D eigenvalue weighted by Crippen LogP contribution is -2.29. The van der Waals surface area contributed by atoms with E-state index >= 15 is 0 Å². The number of hydrogen-bond acceptors (Lipinski definition) is 6. The van der Waals surface area contributed by atoms with Crippen molar-refractivity contribution in [2.24, 2.45) is 4.99 Å². The van der Waals surface area contributed by atoms with Crippen LogP contribution in [0.1, 0.15) is 29.6 Å². The summed E-state index contributed by atoms with van der Waals surface area (Å²) >= 11 is 6.25. The van der Waals surface area contributed by atoms with Crippen LogP contribution in [0.4, 0.5) is 5.69 Å². The van der Waals surface area contributed by atoms with E-state index in [0.717, 1.165) is 6.42 Å². The van der Waals surface area contributed by atoms with Gasteiger partial charge in [0.05, 0.1) is 23.1 Å². The molecule has 0 unspecified atom stereocenters. The smallest absolute Gasteiger partial charge is 0.262 e. The van der Waals surface area contributed by atoms with Crippen molar-refractivity contribution in [3.8, 4) is 11.5 Å². The van der Waals surface area contributed by atoms with E-state index in [1.807, 2.05) is 0 Å². The Bertz CT molecular complexity index is 1120. The van der Waals surface area contributed by atoms with Crippen molar-refractivity contribution < 1.29 is 22.7 Å². The Balaban J connectivity index is 1.53. The van der Waals surface area contributed by atoms with Gasteiger partial charge >= 0.3 is 0 Å². The Morgan fingerprint density at radius 3 is 2.73 bits per heavy atom. The number of benzene rings is 2. The van der Waals surface area contributed by atoms with Crippen molar-refractivity contribution in [2.45, 2.75) is 24.2 Å². The number of rotatable bonds is 4. The van der Waals surface area contributed by atoms with E-state index in [0.29, 0.717) is 55.6 Å². The number of nitrogens with one attached hydrogen (secondary N) is 2. The normalized spacial score (nSPS) is 15.8. The molecular formula is C20H20ClN3O5S. The van der Waals surface area contributed by atoms with Gasteiger partial charge in [0.1, 0.15) is 5.84 Å². The molecule has 0 bridgehead atoms. The first-order chi connectivity index (χ1) is 14.4. The lowest BCUT2D eigenvalue weighted by atomic mass is 10.1. The van der Waals surface area contributed by atoms with Gasteiger partial charge in [0.2, 0.25) is 0 Å². The molecule has 2 heterocycles. The number of anilines is 1. The van der Waals surface area contributed by atoms with Crippen LogP contribution in [-0.4, -0.2) is 39.9 Å². The molecule has 0 radical (unpaired) electrons. The third-order valence-corrected chi connectivity index (χ3v) is 6.25. The summed E-state index contributed by atoms with van der Waals surface area (Å²) in [5, 5.41) is 2.97. The summed E-state index contributed by atoms with van der Waals surface area (Å²) in [5.74, 6) is 0.823. The Morgan fingerprint density at radius 1 is 1.10 bits per heavy atom. The minimum absolute atomic E-state index is 0.0339. The van der Waals surface area contributed by atoms with Crippen LogP contribution < -0.4 is 19.5 Å². The van der Waals surface area contributed by atoms with Crippen molar-refractivity contribution in [3.63, 3.8) is 0 Å². The van der Waals surface area contributed by atoms with E-state index in [-0.39, 0.29) is 15.5 Å². The molecule has 1 amide bonds. The summed E-state index contributed by atoms with van der Waals surface area (Å²) in [5.41, 5.74) is 0.607. The number of aliphatic imine (C=N–C) groups is 1. The Hall–Kier alpha value is -2.78. The molecule has 2 aliphatic heterocycles. The summed E-state index contributed by atoms with van der Waals surface area (Å²) in [6.07, 6.45) is 2.14. The first-order valence-corrected chi connectivity index (χ1v) is 11.4. The lowest BCUT2D eigenvalue weighted by Gasteiger charge is -2.12. The van der Waals surface area contributed by atoms with E-state index in [1.54, 1.807) is 18.2 Å². The fourth-order valence-corrected chi connectivity index (χ4v) is 4.54. The highest BCUT2D eigenvalue weighted by Gasteiger charge is 2.21. The average Bonchev–Trinajstić information content (AvgIpc) is 3.09. The Morgan fingerprint density at radius 2 is 1.93 bits per heavy atom. The molecule has 158 valence electrons. The highest BCUT2D eigenvalue weighted by atomic mass is 35.5. The second kappa shape index (κ2) is 8.53. The summed E-state index contributed by atoms with van der Waals surface area (Å²) < 4.78 is 38.8. The third-order valence-electron chi connectivity index (χ3n) is 4.59. The molecule has 0 aromatic heterocycles. The molecule has 4 rings (SSSR count). The van der Waals surface area contributed by atoms with Crippen LogP contribution in [0.15, 0.2) is 46.3 Å².